The van der Waals surface area contributed by atoms with E-state index in [-0.39, 0.29) is 12.5 Å². The molecule has 1 aromatic carbocycles. The van der Waals surface area contributed by atoms with Crippen molar-refractivity contribution in [1.29, 1.82) is 0 Å². The zero-order valence-electron chi connectivity index (χ0n) is 13.0. The molecule has 2 aromatic rings. The molecule has 1 saturated heterocycles. The Labute approximate surface area is 133 Å². The number of rotatable bonds is 1. The van der Waals surface area contributed by atoms with Gasteiger partial charge in [0.15, 0.2) is 0 Å². The molecular formula is C16H20N4O3. The number of para-hydroxylation sites is 1. The van der Waals surface area contributed by atoms with E-state index in [0.29, 0.717) is 18.5 Å². The molecule has 1 aliphatic heterocycles. The van der Waals surface area contributed by atoms with Crippen molar-refractivity contribution in [3.05, 3.63) is 36.0 Å². The van der Waals surface area contributed by atoms with E-state index < -0.39 is 12.1 Å². The van der Waals surface area contributed by atoms with E-state index in [4.69, 9.17) is 0 Å². The van der Waals surface area contributed by atoms with Crippen LogP contribution in [0.15, 0.2) is 30.5 Å². The first kappa shape index (κ1) is 15.4. The van der Waals surface area contributed by atoms with Gasteiger partial charge in [0, 0.05) is 37.2 Å². The number of hydrogen-bond donors (Lipinski definition) is 3. The second-order valence-corrected chi connectivity index (χ2v) is 5.80. The lowest BCUT2D eigenvalue weighted by atomic mass is 10.1. The number of hydrazine groups is 1. The first-order valence-corrected chi connectivity index (χ1v) is 7.63. The van der Waals surface area contributed by atoms with E-state index in [1.54, 1.807) is 6.20 Å². The Morgan fingerprint density at radius 2 is 2.04 bits per heavy atom. The van der Waals surface area contributed by atoms with Gasteiger partial charge in [-0.25, -0.2) is 10.2 Å². The van der Waals surface area contributed by atoms with Crippen molar-refractivity contribution in [1.82, 2.24) is 20.3 Å². The lowest BCUT2D eigenvalue weighted by Crippen LogP contribution is -2.52. The molecule has 3 rings (SSSR count). The van der Waals surface area contributed by atoms with Gasteiger partial charge in [0.05, 0.1) is 11.7 Å². The third kappa shape index (κ3) is 3.14. The van der Waals surface area contributed by atoms with Crippen LogP contribution in [0.2, 0.25) is 0 Å². The molecule has 0 bridgehead atoms. The van der Waals surface area contributed by atoms with Crippen molar-refractivity contribution in [3.8, 4) is 0 Å². The molecule has 0 spiro atoms. The van der Waals surface area contributed by atoms with Gasteiger partial charge in [-0.2, -0.15) is 0 Å². The number of carbonyl (C=O) groups excluding carboxylic acids is 2. The number of aromatic nitrogens is 1. The monoisotopic (exact) mass is 316 g/mol. The average Bonchev–Trinajstić information content (AvgIpc) is 2.90. The summed E-state index contributed by atoms with van der Waals surface area (Å²) in [5, 5.41) is 10.4. The average molecular weight is 316 g/mol. The van der Waals surface area contributed by atoms with E-state index in [2.05, 4.69) is 10.9 Å². The van der Waals surface area contributed by atoms with Crippen LogP contribution < -0.4 is 10.9 Å². The Morgan fingerprint density at radius 1 is 1.26 bits per heavy atom. The number of urea groups is 1. The van der Waals surface area contributed by atoms with Gasteiger partial charge >= 0.3 is 6.03 Å². The minimum absolute atomic E-state index is 0.288. The second kappa shape index (κ2) is 6.29. The summed E-state index contributed by atoms with van der Waals surface area (Å²) in [6.45, 7) is 0.864. The largest absolute Gasteiger partial charge is 0.391 e. The molecule has 1 fully saturated rings. The van der Waals surface area contributed by atoms with E-state index in [1.165, 1.54) is 4.90 Å². The summed E-state index contributed by atoms with van der Waals surface area (Å²) in [6.07, 6.45) is 2.69. The number of nitrogens with one attached hydrogen (secondary N) is 2. The molecular weight excluding hydrogens is 296 g/mol. The van der Waals surface area contributed by atoms with Gasteiger partial charge in [-0.3, -0.25) is 10.2 Å². The van der Waals surface area contributed by atoms with Crippen LogP contribution in [0, 0.1) is 0 Å². The fourth-order valence-electron chi connectivity index (χ4n) is 2.92. The first-order valence-electron chi connectivity index (χ1n) is 7.63. The molecule has 7 nitrogen and oxygen atoms in total. The summed E-state index contributed by atoms with van der Waals surface area (Å²) in [5.74, 6) is -0.368. The van der Waals surface area contributed by atoms with Gasteiger partial charge in [-0.15, -0.1) is 0 Å². The fourth-order valence-corrected chi connectivity index (χ4v) is 2.92. The number of nitrogens with zero attached hydrogens (tertiary/aromatic N) is 2. The normalized spacial score (nSPS) is 18.0. The van der Waals surface area contributed by atoms with Gasteiger partial charge in [-0.05, 0) is 18.9 Å². The molecule has 1 aliphatic rings. The van der Waals surface area contributed by atoms with E-state index in [9.17, 15) is 14.7 Å². The summed E-state index contributed by atoms with van der Waals surface area (Å²) in [4.78, 5) is 25.8. The Bertz CT molecular complexity index is 740. The molecule has 1 unspecified atom stereocenters. The molecule has 122 valence electrons. The van der Waals surface area contributed by atoms with Crippen molar-refractivity contribution in [2.75, 3.05) is 13.1 Å². The number of amides is 3. The Balaban J connectivity index is 1.66. The molecule has 0 saturated carbocycles. The summed E-state index contributed by atoms with van der Waals surface area (Å²) in [7, 11) is 1.87. The predicted molar refractivity (Wildman–Crippen MR) is 85.7 cm³/mol. The van der Waals surface area contributed by atoms with Gasteiger partial charge < -0.3 is 14.6 Å². The van der Waals surface area contributed by atoms with Gasteiger partial charge in [0.2, 0.25) is 0 Å². The Morgan fingerprint density at radius 3 is 2.83 bits per heavy atom. The number of piperidine rings is 1. The Kier molecular flexibility index (Phi) is 4.20. The molecule has 0 radical (unpaired) electrons. The van der Waals surface area contributed by atoms with Gasteiger partial charge in [0.1, 0.15) is 0 Å². The van der Waals surface area contributed by atoms with Crippen LogP contribution in [-0.4, -0.2) is 45.7 Å². The zero-order valence-corrected chi connectivity index (χ0v) is 13.0. The maximum Gasteiger partial charge on any atom is 0.336 e. The maximum absolute atomic E-state index is 12.3. The summed E-state index contributed by atoms with van der Waals surface area (Å²) in [6, 6.07) is 7.17. The predicted octanol–water partition coefficient (Wildman–Crippen LogP) is 0.989. The van der Waals surface area contributed by atoms with Crippen LogP contribution in [0.3, 0.4) is 0 Å². The van der Waals surface area contributed by atoms with Crippen molar-refractivity contribution in [2.45, 2.75) is 18.9 Å². The van der Waals surface area contributed by atoms with E-state index >= 15 is 0 Å². The number of aryl methyl sites for hydroxylation is 1. The minimum atomic E-state index is -0.497. The van der Waals surface area contributed by atoms with Crippen LogP contribution >= 0.6 is 0 Å². The molecule has 0 aliphatic carbocycles. The number of β-amino-alcohol motifs (C(OH)–C–C–N with tert-alkyl or cyclic N) is 1. The number of hydrogen-bond acceptors (Lipinski definition) is 3. The SMILES string of the molecule is Cn1cc(C(=O)NNC(=O)N2CCCC(O)C2)c2ccccc21. The molecule has 3 N–H and O–H groups in total. The number of carbonyl (C=O) groups is 2. The maximum atomic E-state index is 12.3. The molecule has 23 heavy (non-hydrogen) atoms. The van der Waals surface area contributed by atoms with Crippen molar-refractivity contribution in [3.63, 3.8) is 0 Å². The number of aliphatic hydroxyl groups is 1. The third-order valence-corrected chi connectivity index (χ3v) is 4.11. The van der Waals surface area contributed by atoms with Crippen molar-refractivity contribution in [2.24, 2.45) is 7.05 Å². The number of fused-ring (bicyclic) bond motifs is 1. The molecule has 3 amide bonds. The quantitative estimate of drug-likeness (QED) is 0.686. The number of likely N-dealkylation sites (tertiary alicyclic amines) is 1. The zero-order chi connectivity index (χ0) is 16.4. The fraction of sp³-hybridized carbons (Fsp3) is 0.375. The highest BCUT2D eigenvalue weighted by Gasteiger charge is 2.22. The van der Waals surface area contributed by atoms with Crippen molar-refractivity contribution >= 4 is 22.8 Å². The van der Waals surface area contributed by atoms with Crippen LogP contribution in [-0.2, 0) is 7.05 Å². The summed E-state index contributed by atoms with van der Waals surface area (Å²) < 4.78 is 1.87. The molecule has 7 heteroatoms. The molecule has 1 aromatic heterocycles. The first-order chi connectivity index (χ1) is 11.1. The summed E-state index contributed by atoms with van der Waals surface area (Å²) in [5.41, 5.74) is 6.30. The molecule has 2 heterocycles. The van der Waals surface area contributed by atoms with Gasteiger partial charge in [-0.1, -0.05) is 18.2 Å². The highest BCUT2D eigenvalue weighted by Crippen LogP contribution is 2.19. The smallest absolute Gasteiger partial charge is 0.336 e. The van der Waals surface area contributed by atoms with Crippen LogP contribution in [0.4, 0.5) is 4.79 Å². The van der Waals surface area contributed by atoms with Crippen molar-refractivity contribution < 1.29 is 14.7 Å². The third-order valence-electron chi connectivity index (χ3n) is 4.11. The highest BCUT2D eigenvalue weighted by molar-refractivity contribution is 6.07. The second-order valence-electron chi connectivity index (χ2n) is 5.80. The lowest BCUT2D eigenvalue weighted by molar-refractivity contribution is 0.0803. The number of aliphatic hydroxyl groups excluding tert-OH is 1. The number of benzene rings is 1. The minimum Gasteiger partial charge on any atom is -0.391 e. The standard InChI is InChI=1S/C16H20N4O3/c1-19-10-13(12-6-2-3-7-14(12)19)15(22)17-18-16(23)20-8-4-5-11(21)9-20/h2-3,6-7,10-11,21H,4-5,8-9H2,1H3,(H,17,22)(H,18,23). The van der Waals surface area contributed by atoms with Gasteiger partial charge in [0.25, 0.3) is 5.91 Å². The van der Waals surface area contributed by atoms with Crippen LogP contribution in [0.25, 0.3) is 10.9 Å². The summed E-state index contributed by atoms with van der Waals surface area (Å²) >= 11 is 0. The van der Waals surface area contributed by atoms with Crippen LogP contribution in [0.5, 0.6) is 0 Å². The van der Waals surface area contributed by atoms with Crippen LogP contribution in [0.1, 0.15) is 23.2 Å². The van der Waals surface area contributed by atoms with E-state index in [0.717, 1.165) is 17.3 Å². The topological polar surface area (TPSA) is 86.6 Å². The lowest BCUT2D eigenvalue weighted by Gasteiger charge is -2.29. The Hall–Kier alpha value is -2.54. The van der Waals surface area contributed by atoms with E-state index in [1.807, 2.05) is 35.9 Å². The molecule has 1 atom stereocenters. The highest BCUT2D eigenvalue weighted by atomic mass is 16.3.